The third kappa shape index (κ3) is 5.86. The van der Waals surface area contributed by atoms with E-state index in [0.717, 1.165) is 23.7 Å². The Kier molecular flexibility index (Phi) is 8.08. The lowest BCUT2D eigenvalue weighted by atomic mass is 9.77. The van der Waals surface area contributed by atoms with Crippen LogP contribution in [0.3, 0.4) is 0 Å². The molecule has 2 fully saturated rings. The summed E-state index contributed by atoms with van der Waals surface area (Å²) in [4.78, 5) is 0. The van der Waals surface area contributed by atoms with Crippen LogP contribution in [0.15, 0.2) is 24.3 Å². The minimum Gasteiger partial charge on any atom is -0.0654 e. The third-order valence-electron chi connectivity index (χ3n) is 7.50. The largest absolute Gasteiger partial charge is 0.0654 e. The summed E-state index contributed by atoms with van der Waals surface area (Å²) in [6.45, 7) is 4.67. The molecule has 2 saturated carbocycles. The summed E-state index contributed by atoms with van der Waals surface area (Å²) < 4.78 is 0. The zero-order chi connectivity index (χ0) is 18.2. The molecule has 0 aromatic heterocycles. The number of hydrogen-bond acceptors (Lipinski definition) is 0. The number of hydrogen-bond donors (Lipinski definition) is 0. The normalized spacial score (nSPS) is 29.6. The molecule has 2 aliphatic rings. The molecule has 2 aliphatic carbocycles. The molecule has 0 heteroatoms. The summed E-state index contributed by atoms with van der Waals surface area (Å²) in [7, 11) is 0. The molecule has 0 radical (unpaired) electrons. The van der Waals surface area contributed by atoms with Crippen molar-refractivity contribution in [3.8, 4) is 0 Å². The molecule has 0 bridgehead atoms. The average molecular weight is 355 g/mol. The number of aryl methyl sites for hydroxylation is 1. The van der Waals surface area contributed by atoms with Gasteiger partial charge in [0.15, 0.2) is 0 Å². The lowest BCUT2D eigenvalue weighted by Crippen LogP contribution is -2.15. The van der Waals surface area contributed by atoms with Gasteiger partial charge >= 0.3 is 0 Å². The van der Waals surface area contributed by atoms with E-state index in [1.807, 2.05) is 0 Å². The van der Waals surface area contributed by atoms with Gasteiger partial charge in [0.25, 0.3) is 0 Å². The predicted octanol–water partition coefficient (Wildman–Crippen LogP) is 8.30. The zero-order valence-electron chi connectivity index (χ0n) is 17.5. The van der Waals surface area contributed by atoms with E-state index < -0.39 is 0 Å². The lowest BCUT2D eigenvalue weighted by molar-refractivity contribution is 0.252. The monoisotopic (exact) mass is 354 g/mol. The molecule has 0 N–H and O–H groups in total. The second-order valence-electron chi connectivity index (χ2n) is 9.46. The van der Waals surface area contributed by atoms with E-state index >= 15 is 0 Å². The summed E-state index contributed by atoms with van der Waals surface area (Å²) in [5.74, 6) is 3.90. The van der Waals surface area contributed by atoms with Crippen molar-refractivity contribution in [3.63, 3.8) is 0 Å². The van der Waals surface area contributed by atoms with Crippen LogP contribution < -0.4 is 0 Å². The standard InChI is InChI=1S/C26H42/c1-3-5-21-7-9-23(10-8-21)11-12-24-15-19-26(20-16-24)25-17-13-22(6-4-2)14-18-25/h15-16,19-23,25H,3-14,17-18H2,1-2H3. The topological polar surface area (TPSA) is 0 Å². The van der Waals surface area contributed by atoms with E-state index in [9.17, 15) is 0 Å². The van der Waals surface area contributed by atoms with Crippen molar-refractivity contribution in [1.29, 1.82) is 0 Å². The van der Waals surface area contributed by atoms with Crippen LogP contribution in [0.1, 0.15) is 114 Å². The van der Waals surface area contributed by atoms with Crippen molar-refractivity contribution < 1.29 is 0 Å². The van der Waals surface area contributed by atoms with Crippen LogP contribution in [0.5, 0.6) is 0 Å². The minimum absolute atomic E-state index is 0.839. The highest BCUT2D eigenvalue weighted by Gasteiger charge is 2.22. The molecule has 146 valence electrons. The molecule has 0 saturated heterocycles. The summed E-state index contributed by atoms with van der Waals surface area (Å²) >= 11 is 0. The van der Waals surface area contributed by atoms with Crippen LogP contribution in [0, 0.1) is 17.8 Å². The minimum atomic E-state index is 0.839. The van der Waals surface area contributed by atoms with Gasteiger partial charge in [-0.15, -0.1) is 0 Å². The quantitative estimate of drug-likeness (QED) is 0.440. The van der Waals surface area contributed by atoms with Gasteiger partial charge in [-0.25, -0.2) is 0 Å². The van der Waals surface area contributed by atoms with Crippen molar-refractivity contribution in [2.45, 2.75) is 110 Å². The lowest BCUT2D eigenvalue weighted by Gasteiger charge is -2.29. The first kappa shape index (κ1) is 20.0. The molecule has 0 spiro atoms. The van der Waals surface area contributed by atoms with Crippen molar-refractivity contribution in [2.24, 2.45) is 17.8 Å². The Morgan fingerprint density at radius 3 is 1.58 bits per heavy atom. The van der Waals surface area contributed by atoms with Gasteiger partial charge in [0, 0.05) is 0 Å². The second kappa shape index (κ2) is 10.5. The number of benzene rings is 1. The summed E-state index contributed by atoms with van der Waals surface area (Å²) in [5.41, 5.74) is 3.19. The van der Waals surface area contributed by atoms with E-state index in [2.05, 4.69) is 38.1 Å². The molecule has 0 aliphatic heterocycles. The maximum atomic E-state index is 2.46. The van der Waals surface area contributed by atoms with Crippen molar-refractivity contribution in [1.82, 2.24) is 0 Å². The van der Waals surface area contributed by atoms with Crippen LogP contribution >= 0.6 is 0 Å². The van der Waals surface area contributed by atoms with E-state index in [4.69, 9.17) is 0 Å². The molecule has 3 rings (SSSR count). The van der Waals surface area contributed by atoms with E-state index in [1.54, 1.807) is 11.1 Å². The molecule has 26 heavy (non-hydrogen) atoms. The van der Waals surface area contributed by atoms with Gasteiger partial charge in [-0.05, 0) is 73.3 Å². The van der Waals surface area contributed by atoms with Gasteiger partial charge in [-0.3, -0.25) is 0 Å². The molecular weight excluding hydrogens is 312 g/mol. The molecule has 0 nitrogen and oxygen atoms in total. The Morgan fingerprint density at radius 2 is 1.08 bits per heavy atom. The Bertz CT molecular complexity index is 483. The highest BCUT2D eigenvalue weighted by atomic mass is 14.3. The Morgan fingerprint density at radius 1 is 0.615 bits per heavy atom. The first-order chi connectivity index (χ1) is 12.8. The summed E-state index contributed by atoms with van der Waals surface area (Å²) in [6.07, 6.45) is 20.1. The zero-order valence-corrected chi connectivity index (χ0v) is 17.5. The van der Waals surface area contributed by atoms with Gasteiger partial charge in [0.1, 0.15) is 0 Å². The van der Waals surface area contributed by atoms with Crippen LogP contribution in [-0.2, 0) is 6.42 Å². The fourth-order valence-corrected chi connectivity index (χ4v) is 5.74. The van der Waals surface area contributed by atoms with Gasteiger partial charge in [0.2, 0.25) is 0 Å². The summed E-state index contributed by atoms with van der Waals surface area (Å²) in [6, 6.07) is 9.79. The first-order valence-electron chi connectivity index (χ1n) is 11.9. The van der Waals surface area contributed by atoms with E-state index in [1.165, 1.54) is 89.9 Å². The highest BCUT2D eigenvalue weighted by molar-refractivity contribution is 5.26. The molecular formula is C26H42. The van der Waals surface area contributed by atoms with Crippen LogP contribution in [-0.4, -0.2) is 0 Å². The fraction of sp³-hybridized carbons (Fsp3) is 0.769. The second-order valence-corrected chi connectivity index (χ2v) is 9.46. The maximum Gasteiger partial charge on any atom is -0.0162 e. The van der Waals surface area contributed by atoms with E-state index in [0.29, 0.717) is 0 Å². The van der Waals surface area contributed by atoms with Gasteiger partial charge in [-0.2, -0.15) is 0 Å². The molecule has 0 heterocycles. The van der Waals surface area contributed by atoms with Gasteiger partial charge < -0.3 is 0 Å². The Balaban J connectivity index is 1.40. The van der Waals surface area contributed by atoms with Crippen LogP contribution in [0.2, 0.25) is 0 Å². The Hall–Kier alpha value is -0.780. The number of rotatable bonds is 8. The summed E-state index contributed by atoms with van der Waals surface area (Å²) in [5, 5.41) is 0. The van der Waals surface area contributed by atoms with Gasteiger partial charge in [0.05, 0.1) is 0 Å². The van der Waals surface area contributed by atoms with Crippen molar-refractivity contribution in [3.05, 3.63) is 35.4 Å². The van der Waals surface area contributed by atoms with Gasteiger partial charge in [-0.1, -0.05) is 89.5 Å². The molecule has 1 aromatic carbocycles. The fourth-order valence-electron chi connectivity index (χ4n) is 5.74. The third-order valence-corrected chi connectivity index (χ3v) is 7.50. The maximum absolute atomic E-state index is 2.46. The molecule has 0 amide bonds. The molecule has 0 unspecified atom stereocenters. The van der Waals surface area contributed by atoms with Crippen LogP contribution in [0.25, 0.3) is 0 Å². The predicted molar refractivity (Wildman–Crippen MR) is 115 cm³/mol. The van der Waals surface area contributed by atoms with Crippen LogP contribution in [0.4, 0.5) is 0 Å². The van der Waals surface area contributed by atoms with Crippen molar-refractivity contribution in [2.75, 3.05) is 0 Å². The average Bonchev–Trinajstić information content (AvgIpc) is 2.69. The van der Waals surface area contributed by atoms with Crippen molar-refractivity contribution >= 4 is 0 Å². The van der Waals surface area contributed by atoms with E-state index in [-0.39, 0.29) is 0 Å². The first-order valence-corrected chi connectivity index (χ1v) is 11.9. The highest BCUT2D eigenvalue weighted by Crippen LogP contribution is 2.38. The molecule has 1 aromatic rings. The Labute approximate surface area is 163 Å². The SMILES string of the molecule is CCCC1CCC(CCc2ccc(C3CCC(CCC)CC3)cc2)CC1. The smallest absolute Gasteiger partial charge is 0.0162 e. The molecule has 0 atom stereocenters.